The summed E-state index contributed by atoms with van der Waals surface area (Å²) in [4.78, 5) is 0. The van der Waals surface area contributed by atoms with Gasteiger partial charge in [-0.2, -0.15) is 15.6 Å². The van der Waals surface area contributed by atoms with Gasteiger partial charge in [0.1, 0.15) is 22.9 Å². The number of hydrogen-bond donors (Lipinski definition) is 1. The molecule has 5 rings (SSSR count). The molecule has 5 heteroatoms. The molecule has 0 saturated heterocycles. The number of hydrogen-bond acceptors (Lipinski definition) is 4. The van der Waals surface area contributed by atoms with Gasteiger partial charge in [-0.25, -0.2) is 0 Å². The van der Waals surface area contributed by atoms with Gasteiger partial charge in [0.2, 0.25) is 0 Å². The maximum absolute atomic E-state index is 9.19. The van der Waals surface area contributed by atoms with Crippen molar-refractivity contribution in [1.82, 2.24) is 15.4 Å². The molecular weight excluding hydrogens is 324 g/mol. The summed E-state index contributed by atoms with van der Waals surface area (Å²) < 4.78 is 6.13. The van der Waals surface area contributed by atoms with Gasteiger partial charge in [0.05, 0.1) is 0 Å². The van der Waals surface area contributed by atoms with E-state index in [1.165, 1.54) is 0 Å². The molecule has 3 aromatic carbocycles. The molecule has 0 amide bonds. The minimum atomic E-state index is 0.282. The molecule has 0 saturated carbocycles. The number of para-hydroxylation sites is 2. The van der Waals surface area contributed by atoms with Crippen molar-refractivity contribution in [3.05, 3.63) is 72.4 Å². The van der Waals surface area contributed by atoms with E-state index in [4.69, 9.17) is 4.42 Å². The second-order valence-corrected chi connectivity index (χ2v) is 5.99. The van der Waals surface area contributed by atoms with Crippen LogP contribution in [0.2, 0.25) is 0 Å². The van der Waals surface area contributed by atoms with Crippen LogP contribution in [0.1, 0.15) is 5.69 Å². The first-order chi connectivity index (χ1) is 12.8. The summed E-state index contributed by atoms with van der Waals surface area (Å²) >= 11 is 0. The normalized spacial score (nSPS) is 11.0. The molecule has 0 aliphatic rings. The molecule has 122 valence electrons. The van der Waals surface area contributed by atoms with Crippen LogP contribution in [0.25, 0.3) is 44.3 Å². The molecule has 26 heavy (non-hydrogen) atoms. The molecule has 2 heterocycles. The maximum Gasteiger partial charge on any atom is 0.190 e. The maximum atomic E-state index is 9.19. The Balaban J connectivity index is 1.74. The summed E-state index contributed by atoms with van der Waals surface area (Å²) in [7, 11) is 0. The smallest absolute Gasteiger partial charge is 0.190 e. The molecule has 5 nitrogen and oxygen atoms in total. The van der Waals surface area contributed by atoms with E-state index in [-0.39, 0.29) is 5.69 Å². The highest BCUT2D eigenvalue weighted by Gasteiger charge is 2.14. The first-order valence-electron chi connectivity index (χ1n) is 8.17. The van der Waals surface area contributed by atoms with Gasteiger partial charge in [0.15, 0.2) is 5.69 Å². The van der Waals surface area contributed by atoms with Crippen LogP contribution >= 0.6 is 0 Å². The standard InChI is InChI=1S/C21H12N4O/c22-12-18-20(24-25-23-18)14-6-3-5-13(11-14)15-8-4-9-17-16-7-1-2-10-19(16)26-21(15)17/h1-11H,(H,23,24,25). The average Bonchev–Trinajstić information content (AvgIpc) is 3.32. The Bertz CT molecular complexity index is 1310. The van der Waals surface area contributed by atoms with Gasteiger partial charge in [-0.05, 0) is 17.7 Å². The van der Waals surface area contributed by atoms with Crippen molar-refractivity contribution in [1.29, 1.82) is 5.26 Å². The monoisotopic (exact) mass is 336 g/mol. The quantitative estimate of drug-likeness (QED) is 0.497. The number of aromatic amines is 1. The predicted molar refractivity (Wildman–Crippen MR) is 99.2 cm³/mol. The van der Waals surface area contributed by atoms with Crippen LogP contribution in [0.4, 0.5) is 0 Å². The fourth-order valence-corrected chi connectivity index (χ4v) is 3.32. The number of nitrogens with zero attached hydrogens (tertiary/aromatic N) is 3. The summed E-state index contributed by atoms with van der Waals surface area (Å²) in [6.45, 7) is 0. The molecule has 1 N–H and O–H groups in total. The van der Waals surface area contributed by atoms with Crippen molar-refractivity contribution >= 4 is 21.9 Å². The molecule has 0 atom stereocenters. The topological polar surface area (TPSA) is 78.5 Å². The summed E-state index contributed by atoms with van der Waals surface area (Å²) in [5.74, 6) is 0. The van der Waals surface area contributed by atoms with E-state index in [2.05, 4.69) is 33.6 Å². The number of rotatable bonds is 2. The number of nitriles is 1. The van der Waals surface area contributed by atoms with Gasteiger partial charge in [0.25, 0.3) is 0 Å². The Kier molecular flexibility index (Phi) is 3.09. The van der Waals surface area contributed by atoms with Crippen molar-refractivity contribution in [2.24, 2.45) is 0 Å². The van der Waals surface area contributed by atoms with Gasteiger partial charge >= 0.3 is 0 Å². The lowest BCUT2D eigenvalue weighted by molar-refractivity contribution is 0.670. The van der Waals surface area contributed by atoms with E-state index >= 15 is 0 Å². The first kappa shape index (κ1) is 14.4. The third kappa shape index (κ3) is 2.10. The zero-order valence-electron chi connectivity index (χ0n) is 13.6. The number of H-pyrrole nitrogens is 1. The SMILES string of the molecule is N#Cc1n[nH]nc1-c1cccc(-c2cccc3c2oc2ccccc23)c1. The zero-order valence-corrected chi connectivity index (χ0v) is 13.6. The Morgan fingerprint density at radius 2 is 1.65 bits per heavy atom. The molecule has 0 aliphatic carbocycles. The van der Waals surface area contributed by atoms with Crippen LogP contribution in [-0.4, -0.2) is 15.4 Å². The highest BCUT2D eigenvalue weighted by molar-refractivity contribution is 6.09. The lowest BCUT2D eigenvalue weighted by Gasteiger charge is -2.05. The number of fused-ring (bicyclic) bond motifs is 3. The minimum Gasteiger partial charge on any atom is -0.455 e. The first-order valence-corrected chi connectivity index (χ1v) is 8.17. The van der Waals surface area contributed by atoms with Crippen molar-refractivity contribution < 1.29 is 4.42 Å². The van der Waals surface area contributed by atoms with Crippen LogP contribution in [0.3, 0.4) is 0 Å². The minimum absolute atomic E-state index is 0.282. The van der Waals surface area contributed by atoms with E-state index in [0.717, 1.165) is 38.6 Å². The van der Waals surface area contributed by atoms with E-state index in [1.807, 2.05) is 54.6 Å². The fraction of sp³-hybridized carbons (Fsp3) is 0. The third-order valence-corrected chi connectivity index (χ3v) is 4.51. The summed E-state index contributed by atoms with van der Waals surface area (Å²) in [6, 6.07) is 24.1. The van der Waals surface area contributed by atoms with Crippen molar-refractivity contribution in [3.63, 3.8) is 0 Å². The van der Waals surface area contributed by atoms with Crippen LogP contribution < -0.4 is 0 Å². The molecule has 0 spiro atoms. The molecule has 0 unspecified atom stereocenters. The predicted octanol–water partition coefficient (Wildman–Crippen LogP) is 4.91. The second-order valence-electron chi connectivity index (χ2n) is 5.99. The largest absolute Gasteiger partial charge is 0.455 e. The molecule has 2 aromatic heterocycles. The Hall–Kier alpha value is -3.91. The van der Waals surface area contributed by atoms with E-state index in [0.29, 0.717) is 5.69 Å². The molecule has 5 aromatic rings. The van der Waals surface area contributed by atoms with Gasteiger partial charge in [-0.3, -0.25) is 0 Å². The zero-order chi connectivity index (χ0) is 17.5. The lowest BCUT2D eigenvalue weighted by Crippen LogP contribution is -1.85. The Labute approximate surface area is 148 Å². The summed E-state index contributed by atoms with van der Waals surface area (Å²) in [6.07, 6.45) is 0. The number of furan rings is 1. The van der Waals surface area contributed by atoms with Gasteiger partial charge in [0, 0.05) is 21.9 Å². The van der Waals surface area contributed by atoms with Crippen LogP contribution in [0.5, 0.6) is 0 Å². The van der Waals surface area contributed by atoms with Gasteiger partial charge < -0.3 is 4.42 Å². The molecular formula is C21H12N4O. The molecule has 0 bridgehead atoms. The fourth-order valence-electron chi connectivity index (χ4n) is 3.32. The van der Waals surface area contributed by atoms with Crippen molar-refractivity contribution in [3.8, 4) is 28.5 Å². The number of nitrogens with one attached hydrogen (secondary N) is 1. The molecule has 0 radical (unpaired) electrons. The average molecular weight is 336 g/mol. The van der Waals surface area contributed by atoms with Gasteiger partial charge in [-0.15, -0.1) is 5.10 Å². The Morgan fingerprint density at radius 3 is 2.58 bits per heavy atom. The van der Waals surface area contributed by atoms with Crippen LogP contribution in [0.15, 0.2) is 71.1 Å². The Morgan fingerprint density at radius 1 is 0.846 bits per heavy atom. The summed E-state index contributed by atoms with van der Waals surface area (Å²) in [5, 5.41) is 21.9. The lowest BCUT2D eigenvalue weighted by atomic mass is 9.99. The van der Waals surface area contributed by atoms with E-state index in [9.17, 15) is 5.26 Å². The van der Waals surface area contributed by atoms with E-state index in [1.54, 1.807) is 0 Å². The highest BCUT2D eigenvalue weighted by atomic mass is 16.3. The third-order valence-electron chi connectivity index (χ3n) is 4.51. The van der Waals surface area contributed by atoms with Crippen LogP contribution in [-0.2, 0) is 0 Å². The van der Waals surface area contributed by atoms with Crippen molar-refractivity contribution in [2.75, 3.05) is 0 Å². The van der Waals surface area contributed by atoms with Crippen molar-refractivity contribution in [2.45, 2.75) is 0 Å². The summed E-state index contributed by atoms with van der Waals surface area (Å²) in [5.41, 5.74) is 5.39. The van der Waals surface area contributed by atoms with Gasteiger partial charge in [-0.1, -0.05) is 54.6 Å². The highest BCUT2D eigenvalue weighted by Crippen LogP contribution is 2.36. The number of benzene rings is 3. The molecule has 0 fully saturated rings. The number of aromatic nitrogens is 3. The van der Waals surface area contributed by atoms with E-state index < -0.39 is 0 Å². The second kappa shape index (κ2) is 5.57. The van der Waals surface area contributed by atoms with Crippen LogP contribution in [0, 0.1) is 11.3 Å². The molecule has 0 aliphatic heterocycles.